The van der Waals surface area contributed by atoms with E-state index in [0.29, 0.717) is 34.7 Å². The molecule has 1 aromatic rings. The van der Waals surface area contributed by atoms with E-state index in [2.05, 4.69) is 19.2 Å². The monoisotopic (exact) mass is 257 g/mol. The molecule has 3 nitrogen and oxygen atoms in total. The van der Waals surface area contributed by atoms with Crippen molar-refractivity contribution in [1.82, 2.24) is 5.32 Å². The van der Waals surface area contributed by atoms with Crippen LogP contribution in [0.25, 0.3) is 0 Å². The van der Waals surface area contributed by atoms with E-state index >= 15 is 0 Å². The van der Waals surface area contributed by atoms with Crippen molar-refractivity contribution in [3.8, 4) is 0 Å². The molecular formula is C16H19NO2. The first-order valence-corrected chi connectivity index (χ1v) is 6.65. The molecule has 0 spiro atoms. The molecule has 1 N–H and O–H groups in total. The van der Waals surface area contributed by atoms with Gasteiger partial charge >= 0.3 is 0 Å². The average Bonchev–Trinajstić information content (AvgIpc) is 2.41. The van der Waals surface area contributed by atoms with Crippen molar-refractivity contribution in [3.63, 3.8) is 0 Å². The maximum Gasteiger partial charge on any atom is 0.209 e. The van der Waals surface area contributed by atoms with Crippen LogP contribution in [0.3, 0.4) is 0 Å². The van der Waals surface area contributed by atoms with Gasteiger partial charge in [-0.15, -0.1) is 0 Å². The summed E-state index contributed by atoms with van der Waals surface area (Å²) in [5.74, 6) is 0.419. The van der Waals surface area contributed by atoms with Crippen molar-refractivity contribution in [2.45, 2.75) is 26.7 Å². The molecule has 2 rings (SSSR count). The van der Waals surface area contributed by atoms with E-state index in [1.807, 2.05) is 0 Å². The maximum atomic E-state index is 12.5. The highest BCUT2D eigenvalue weighted by Gasteiger charge is 2.30. The van der Waals surface area contributed by atoms with Crippen molar-refractivity contribution in [2.75, 3.05) is 7.05 Å². The molecule has 19 heavy (non-hydrogen) atoms. The molecular weight excluding hydrogens is 238 g/mol. The summed E-state index contributed by atoms with van der Waals surface area (Å²) in [6, 6.07) is 7.04. The average molecular weight is 257 g/mol. The highest BCUT2D eigenvalue weighted by Crippen LogP contribution is 2.28. The lowest BCUT2D eigenvalue weighted by Crippen LogP contribution is -2.28. The summed E-state index contributed by atoms with van der Waals surface area (Å²) < 4.78 is 0. The number of carbonyl (C=O) groups is 2. The van der Waals surface area contributed by atoms with Crippen molar-refractivity contribution in [1.29, 1.82) is 0 Å². The predicted octanol–water partition coefficient (Wildman–Crippen LogP) is 2.98. The van der Waals surface area contributed by atoms with E-state index in [-0.39, 0.29) is 11.6 Å². The number of allylic oxidation sites excluding steroid dienone is 2. The second-order valence-electron chi connectivity index (χ2n) is 5.24. The van der Waals surface area contributed by atoms with Crippen LogP contribution in [-0.2, 0) is 0 Å². The van der Waals surface area contributed by atoms with E-state index in [1.54, 1.807) is 31.3 Å². The number of benzene rings is 1. The molecule has 0 heterocycles. The molecule has 0 atom stereocenters. The molecule has 0 radical (unpaired) electrons. The fourth-order valence-corrected chi connectivity index (χ4v) is 2.36. The molecule has 0 bridgehead atoms. The number of rotatable bonds is 4. The number of nitrogens with one attached hydrogen (secondary N) is 1. The summed E-state index contributed by atoms with van der Waals surface area (Å²) in [4.78, 5) is 24.9. The fourth-order valence-electron chi connectivity index (χ4n) is 2.36. The number of hydrogen-bond donors (Lipinski definition) is 1. The van der Waals surface area contributed by atoms with Gasteiger partial charge < -0.3 is 5.32 Å². The van der Waals surface area contributed by atoms with Crippen molar-refractivity contribution < 1.29 is 9.59 Å². The van der Waals surface area contributed by atoms with Gasteiger partial charge in [0.05, 0.1) is 5.70 Å². The molecule has 1 aliphatic rings. The maximum absolute atomic E-state index is 12.5. The zero-order chi connectivity index (χ0) is 14.0. The van der Waals surface area contributed by atoms with Crippen LogP contribution in [0.5, 0.6) is 0 Å². The minimum atomic E-state index is -0.0727. The first-order chi connectivity index (χ1) is 9.06. The third kappa shape index (κ3) is 2.46. The van der Waals surface area contributed by atoms with E-state index < -0.39 is 0 Å². The van der Waals surface area contributed by atoms with Gasteiger partial charge in [0.15, 0.2) is 5.78 Å². The number of hydrogen-bond acceptors (Lipinski definition) is 3. The normalized spacial score (nSPS) is 14.9. The van der Waals surface area contributed by atoms with Gasteiger partial charge in [-0.05, 0) is 18.8 Å². The standard InChI is InChI=1S/C16H19NO2/c1-10(2)8-9-13-14(17-3)16(19)12-7-5-4-6-11(12)15(13)18/h4-7,10,17H,8-9H2,1-3H3. The number of fused-ring (bicyclic) bond motifs is 1. The molecule has 1 aromatic carbocycles. The molecule has 0 fully saturated rings. The second-order valence-corrected chi connectivity index (χ2v) is 5.24. The van der Waals surface area contributed by atoms with Crippen molar-refractivity contribution in [2.24, 2.45) is 5.92 Å². The largest absolute Gasteiger partial charge is 0.385 e. The Bertz CT molecular complexity index is 556. The minimum absolute atomic E-state index is 0.0137. The van der Waals surface area contributed by atoms with Crippen LogP contribution in [0.2, 0.25) is 0 Å². The van der Waals surface area contributed by atoms with Gasteiger partial charge in [-0.25, -0.2) is 0 Å². The topological polar surface area (TPSA) is 46.2 Å². The minimum Gasteiger partial charge on any atom is -0.385 e. The highest BCUT2D eigenvalue weighted by atomic mass is 16.1. The van der Waals surface area contributed by atoms with Crippen LogP contribution in [0.1, 0.15) is 47.4 Å². The van der Waals surface area contributed by atoms with Gasteiger partial charge in [-0.3, -0.25) is 9.59 Å². The van der Waals surface area contributed by atoms with Gasteiger partial charge in [-0.2, -0.15) is 0 Å². The van der Waals surface area contributed by atoms with E-state index in [1.165, 1.54) is 0 Å². The number of Topliss-reactive ketones (excluding diaryl/α,β-unsaturated/α-hetero) is 2. The Morgan fingerprint density at radius 1 is 1.05 bits per heavy atom. The van der Waals surface area contributed by atoms with Crippen LogP contribution < -0.4 is 5.32 Å². The van der Waals surface area contributed by atoms with Crippen LogP contribution in [0, 0.1) is 5.92 Å². The van der Waals surface area contributed by atoms with E-state index in [0.717, 1.165) is 6.42 Å². The van der Waals surface area contributed by atoms with Crippen molar-refractivity contribution >= 4 is 11.6 Å². The second kappa shape index (κ2) is 5.39. The van der Waals surface area contributed by atoms with Crippen LogP contribution in [-0.4, -0.2) is 18.6 Å². The summed E-state index contributed by atoms with van der Waals surface area (Å²) in [6.07, 6.45) is 1.55. The van der Waals surface area contributed by atoms with Crippen LogP contribution in [0.15, 0.2) is 35.5 Å². The molecule has 3 heteroatoms. The number of likely N-dealkylation sites (N-methyl/N-ethyl adjacent to an activating group) is 1. The molecule has 1 aliphatic carbocycles. The summed E-state index contributed by atoms with van der Waals surface area (Å²) in [7, 11) is 1.70. The Morgan fingerprint density at radius 2 is 1.63 bits per heavy atom. The van der Waals surface area contributed by atoms with Crippen LogP contribution in [0.4, 0.5) is 0 Å². The molecule has 0 saturated heterocycles. The Morgan fingerprint density at radius 3 is 2.16 bits per heavy atom. The quantitative estimate of drug-likeness (QED) is 0.902. The third-order valence-electron chi connectivity index (χ3n) is 3.44. The molecule has 100 valence electrons. The number of ketones is 2. The number of carbonyl (C=O) groups excluding carboxylic acids is 2. The first-order valence-electron chi connectivity index (χ1n) is 6.65. The molecule has 0 aromatic heterocycles. The summed E-state index contributed by atoms with van der Waals surface area (Å²) >= 11 is 0. The van der Waals surface area contributed by atoms with E-state index in [9.17, 15) is 9.59 Å². The first kappa shape index (κ1) is 13.5. The van der Waals surface area contributed by atoms with Gasteiger partial charge in [0.2, 0.25) is 5.78 Å². The lowest BCUT2D eigenvalue weighted by molar-refractivity contribution is 0.0966. The lowest BCUT2D eigenvalue weighted by atomic mass is 9.84. The Hall–Kier alpha value is -1.90. The molecule has 0 unspecified atom stereocenters. The van der Waals surface area contributed by atoms with Gasteiger partial charge in [0, 0.05) is 23.7 Å². The Balaban J connectivity index is 2.45. The molecule has 0 amide bonds. The summed E-state index contributed by atoms with van der Waals surface area (Å²) in [5.41, 5.74) is 2.12. The summed E-state index contributed by atoms with van der Waals surface area (Å²) in [6.45, 7) is 4.23. The smallest absolute Gasteiger partial charge is 0.209 e. The zero-order valence-corrected chi connectivity index (χ0v) is 11.6. The van der Waals surface area contributed by atoms with Crippen molar-refractivity contribution in [3.05, 3.63) is 46.7 Å². The van der Waals surface area contributed by atoms with Crippen LogP contribution >= 0.6 is 0 Å². The Labute approximate surface area is 113 Å². The zero-order valence-electron chi connectivity index (χ0n) is 11.6. The third-order valence-corrected chi connectivity index (χ3v) is 3.44. The molecule has 0 aliphatic heterocycles. The SMILES string of the molecule is CNC1=C(CCC(C)C)C(=O)c2ccccc2C1=O. The van der Waals surface area contributed by atoms with E-state index in [4.69, 9.17) is 0 Å². The van der Waals surface area contributed by atoms with Gasteiger partial charge in [0.25, 0.3) is 0 Å². The Kier molecular flexibility index (Phi) is 3.84. The molecule has 0 saturated carbocycles. The lowest BCUT2D eigenvalue weighted by Gasteiger charge is -2.21. The highest BCUT2D eigenvalue weighted by molar-refractivity contribution is 6.26. The predicted molar refractivity (Wildman–Crippen MR) is 75.3 cm³/mol. The fraction of sp³-hybridized carbons (Fsp3) is 0.375. The van der Waals surface area contributed by atoms with Gasteiger partial charge in [0.1, 0.15) is 0 Å². The van der Waals surface area contributed by atoms with Gasteiger partial charge in [-0.1, -0.05) is 38.1 Å². The summed E-state index contributed by atoms with van der Waals surface area (Å²) in [5, 5.41) is 2.91.